The van der Waals surface area contributed by atoms with Crippen LogP contribution >= 0.6 is 0 Å². The van der Waals surface area contributed by atoms with Gasteiger partial charge in [-0.15, -0.1) is 0 Å². The van der Waals surface area contributed by atoms with Gasteiger partial charge in [0.05, 0.1) is 28.1 Å². The van der Waals surface area contributed by atoms with E-state index in [0.29, 0.717) is 5.88 Å². The van der Waals surface area contributed by atoms with E-state index in [0.717, 1.165) is 72.6 Å². The van der Waals surface area contributed by atoms with E-state index in [4.69, 9.17) is 9.72 Å². The molecule has 8 rings (SSSR count). The SMILES string of the molecule is C1=Cc2cccc(-c3cccc(-c4cccc5c4[nH]c4c(Oc6ccccn6)cccc45)n3)c2Nc2ccccc21. The second kappa shape index (κ2) is 9.50. The molecule has 0 amide bonds. The lowest BCUT2D eigenvalue weighted by atomic mass is 10.0. The van der Waals surface area contributed by atoms with Gasteiger partial charge in [-0.3, -0.25) is 0 Å². The molecule has 0 radical (unpaired) electrons. The van der Waals surface area contributed by atoms with Gasteiger partial charge in [-0.05, 0) is 41.5 Å². The van der Waals surface area contributed by atoms with E-state index in [1.54, 1.807) is 6.20 Å². The molecule has 0 bridgehead atoms. The van der Waals surface area contributed by atoms with E-state index in [1.807, 2.05) is 30.3 Å². The molecule has 0 saturated carbocycles. The van der Waals surface area contributed by atoms with Crippen molar-refractivity contribution in [3.8, 4) is 34.1 Å². The largest absolute Gasteiger partial charge is 0.437 e. The Bertz CT molecular complexity index is 2110. The average Bonchev–Trinajstić information content (AvgIpc) is 3.31. The highest BCUT2D eigenvalue weighted by Crippen LogP contribution is 2.40. The third-order valence-electron chi connectivity index (χ3n) is 7.54. The zero-order valence-corrected chi connectivity index (χ0v) is 22.0. The lowest BCUT2D eigenvalue weighted by Gasteiger charge is -2.15. The van der Waals surface area contributed by atoms with Crippen LogP contribution in [0.25, 0.3) is 56.5 Å². The number of hydrogen-bond acceptors (Lipinski definition) is 4. The van der Waals surface area contributed by atoms with Crippen molar-refractivity contribution in [2.45, 2.75) is 0 Å². The molecule has 5 heteroatoms. The summed E-state index contributed by atoms with van der Waals surface area (Å²) in [5.74, 6) is 1.29. The van der Waals surface area contributed by atoms with E-state index >= 15 is 0 Å². The standard InChI is InChI=1S/C36H24N4O/c1-2-15-29-23(9-1)20-21-24-10-5-13-27(34(24)39-29)30-16-8-17-31(38-30)28-14-6-11-25-26-12-7-18-32(36(26)40-35(25)28)41-33-19-3-4-22-37-33/h1-22,39-40H. The number of benzene rings is 4. The summed E-state index contributed by atoms with van der Waals surface area (Å²) in [6, 6.07) is 39.0. The van der Waals surface area contributed by atoms with Gasteiger partial charge < -0.3 is 15.0 Å². The molecule has 4 aromatic carbocycles. The highest BCUT2D eigenvalue weighted by Gasteiger charge is 2.17. The zero-order chi connectivity index (χ0) is 27.2. The fourth-order valence-corrected chi connectivity index (χ4v) is 5.61. The maximum Gasteiger partial charge on any atom is 0.219 e. The van der Waals surface area contributed by atoms with Gasteiger partial charge in [0.25, 0.3) is 0 Å². The number of rotatable bonds is 4. The first-order valence-electron chi connectivity index (χ1n) is 13.6. The van der Waals surface area contributed by atoms with Gasteiger partial charge in [0.15, 0.2) is 5.75 Å². The summed E-state index contributed by atoms with van der Waals surface area (Å²) in [5, 5.41) is 5.89. The minimum absolute atomic E-state index is 0.557. The average molecular weight is 529 g/mol. The Morgan fingerprint density at radius 3 is 2.17 bits per heavy atom. The zero-order valence-electron chi connectivity index (χ0n) is 22.0. The molecule has 5 nitrogen and oxygen atoms in total. The van der Waals surface area contributed by atoms with Crippen molar-refractivity contribution in [3.63, 3.8) is 0 Å². The van der Waals surface area contributed by atoms with Crippen LogP contribution in [-0.4, -0.2) is 15.0 Å². The van der Waals surface area contributed by atoms with Gasteiger partial charge in [-0.25, -0.2) is 9.97 Å². The van der Waals surface area contributed by atoms with Crippen molar-refractivity contribution in [1.29, 1.82) is 0 Å². The van der Waals surface area contributed by atoms with Crippen LogP contribution in [-0.2, 0) is 0 Å². The topological polar surface area (TPSA) is 62.8 Å². The number of nitrogens with one attached hydrogen (secondary N) is 2. The van der Waals surface area contributed by atoms with Crippen LogP contribution < -0.4 is 10.1 Å². The van der Waals surface area contributed by atoms with Crippen molar-refractivity contribution in [3.05, 3.63) is 133 Å². The summed E-state index contributed by atoms with van der Waals surface area (Å²) < 4.78 is 6.16. The van der Waals surface area contributed by atoms with Crippen molar-refractivity contribution >= 4 is 45.3 Å². The fraction of sp³-hybridized carbons (Fsp3) is 0. The number of pyridine rings is 2. The Kier molecular flexibility index (Phi) is 5.38. The molecule has 4 heterocycles. The smallest absolute Gasteiger partial charge is 0.219 e. The molecule has 0 fully saturated rings. The van der Waals surface area contributed by atoms with Gasteiger partial charge in [0.2, 0.25) is 5.88 Å². The summed E-state index contributed by atoms with van der Waals surface area (Å²) in [6.07, 6.45) is 6.05. The molecular formula is C36H24N4O. The monoisotopic (exact) mass is 528 g/mol. The number of aromatic nitrogens is 3. The third-order valence-corrected chi connectivity index (χ3v) is 7.54. The first kappa shape index (κ1) is 23.2. The first-order chi connectivity index (χ1) is 20.3. The van der Waals surface area contributed by atoms with Gasteiger partial charge >= 0.3 is 0 Å². The van der Waals surface area contributed by atoms with Crippen LogP contribution in [0.1, 0.15) is 11.1 Å². The van der Waals surface area contributed by atoms with Crippen LogP contribution in [0.5, 0.6) is 11.6 Å². The van der Waals surface area contributed by atoms with Crippen LogP contribution in [0.3, 0.4) is 0 Å². The molecule has 0 atom stereocenters. The van der Waals surface area contributed by atoms with Gasteiger partial charge in [0.1, 0.15) is 0 Å². The van der Waals surface area contributed by atoms with E-state index < -0.39 is 0 Å². The van der Waals surface area contributed by atoms with Crippen LogP contribution in [0.4, 0.5) is 11.4 Å². The van der Waals surface area contributed by atoms with Gasteiger partial charge in [-0.2, -0.15) is 0 Å². The van der Waals surface area contributed by atoms with Gasteiger partial charge in [0, 0.05) is 39.8 Å². The first-order valence-corrected chi connectivity index (χ1v) is 13.6. The number of H-pyrrole nitrogens is 1. The lowest BCUT2D eigenvalue weighted by molar-refractivity contribution is 0.467. The van der Waals surface area contributed by atoms with Crippen molar-refractivity contribution in [1.82, 2.24) is 15.0 Å². The molecule has 2 N–H and O–H groups in total. The molecule has 1 aliphatic heterocycles. The van der Waals surface area contributed by atoms with Crippen LogP contribution in [0.2, 0.25) is 0 Å². The number of ether oxygens (including phenoxy) is 1. The molecular weight excluding hydrogens is 504 g/mol. The third kappa shape index (κ3) is 4.03. The van der Waals surface area contributed by atoms with Crippen molar-refractivity contribution < 1.29 is 4.74 Å². The molecule has 3 aromatic heterocycles. The summed E-state index contributed by atoms with van der Waals surface area (Å²) in [5.41, 5.74) is 10.3. The molecule has 194 valence electrons. The predicted molar refractivity (Wildman–Crippen MR) is 167 cm³/mol. The van der Waals surface area contributed by atoms with Gasteiger partial charge in [-0.1, -0.05) is 91.0 Å². The van der Waals surface area contributed by atoms with Crippen molar-refractivity contribution in [2.75, 3.05) is 5.32 Å². The Morgan fingerprint density at radius 1 is 0.561 bits per heavy atom. The van der Waals surface area contributed by atoms with Crippen molar-refractivity contribution in [2.24, 2.45) is 0 Å². The van der Waals surface area contributed by atoms with E-state index in [2.05, 4.69) is 112 Å². The molecule has 7 aromatic rings. The summed E-state index contributed by atoms with van der Waals surface area (Å²) in [7, 11) is 0. The normalized spacial score (nSPS) is 12.0. The highest BCUT2D eigenvalue weighted by atomic mass is 16.5. The summed E-state index contributed by atoms with van der Waals surface area (Å²) in [6.45, 7) is 0. The van der Waals surface area contributed by atoms with Crippen LogP contribution in [0, 0.1) is 0 Å². The summed E-state index contributed by atoms with van der Waals surface area (Å²) in [4.78, 5) is 13.2. The number of aromatic amines is 1. The van der Waals surface area contributed by atoms with E-state index in [1.165, 1.54) is 0 Å². The second-order valence-electron chi connectivity index (χ2n) is 10.0. The quantitative estimate of drug-likeness (QED) is 0.239. The number of fused-ring (bicyclic) bond motifs is 5. The maximum absolute atomic E-state index is 6.16. The molecule has 0 aliphatic carbocycles. The Labute approximate surface area is 236 Å². The molecule has 1 aliphatic rings. The summed E-state index contributed by atoms with van der Waals surface area (Å²) >= 11 is 0. The Hall–Kier alpha value is -5.68. The lowest BCUT2D eigenvalue weighted by Crippen LogP contribution is -1.98. The molecule has 41 heavy (non-hydrogen) atoms. The number of anilines is 2. The second-order valence-corrected chi connectivity index (χ2v) is 10.0. The van der Waals surface area contributed by atoms with E-state index in [-0.39, 0.29) is 0 Å². The minimum atomic E-state index is 0.557. The number of nitrogens with zero attached hydrogens (tertiary/aromatic N) is 2. The highest BCUT2D eigenvalue weighted by molar-refractivity contribution is 6.13. The predicted octanol–water partition coefficient (Wildman–Crippen LogP) is 9.46. The Balaban J connectivity index is 1.24. The van der Waals surface area contributed by atoms with E-state index in [9.17, 15) is 0 Å². The maximum atomic E-state index is 6.16. The number of para-hydroxylation sites is 4. The van der Waals surface area contributed by atoms with Crippen LogP contribution in [0.15, 0.2) is 121 Å². The number of hydrogen-bond donors (Lipinski definition) is 2. The molecule has 0 spiro atoms. The Morgan fingerprint density at radius 2 is 1.27 bits per heavy atom. The minimum Gasteiger partial charge on any atom is -0.437 e. The molecule has 0 saturated heterocycles. The fourth-order valence-electron chi connectivity index (χ4n) is 5.61. The molecule has 0 unspecified atom stereocenters.